The van der Waals surface area contributed by atoms with E-state index in [1.54, 1.807) is 14.2 Å². The Bertz CT molecular complexity index is 407. The average Bonchev–Trinajstić information content (AvgIpc) is 2.45. The van der Waals surface area contributed by atoms with E-state index in [-0.39, 0.29) is 0 Å². The maximum absolute atomic E-state index is 5.84. The van der Waals surface area contributed by atoms with Gasteiger partial charge in [0.25, 0.3) is 0 Å². The summed E-state index contributed by atoms with van der Waals surface area (Å²) in [5.74, 6) is 2.06. The zero-order valence-electron chi connectivity index (χ0n) is 10.9. The predicted octanol–water partition coefficient (Wildman–Crippen LogP) is 2.00. The van der Waals surface area contributed by atoms with Crippen molar-refractivity contribution < 1.29 is 14.2 Å². The summed E-state index contributed by atoms with van der Waals surface area (Å²) in [5.41, 5.74) is 1.31. The van der Waals surface area contributed by atoms with Gasteiger partial charge in [-0.3, -0.25) is 0 Å². The lowest BCUT2D eigenvalue weighted by Crippen LogP contribution is -2.22. The third-order valence-corrected chi connectivity index (χ3v) is 2.94. The fraction of sp³-hybridized carbons (Fsp3) is 0.429. The molecule has 0 saturated heterocycles. The van der Waals surface area contributed by atoms with Crippen LogP contribution < -0.4 is 19.5 Å². The van der Waals surface area contributed by atoms with Crippen molar-refractivity contribution in [3.05, 3.63) is 29.8 Å². The summed E-state index contributed by atoms with van der Waals surface area (Å²) in [6, 6.07) is 5.62. The number of ether oxygens (including phenoxy) is 3. The fourth-order valence-electron chi connectivity index (χ4n) is 1.92. The Morgan fingerprint density at radius 1 is 1.17 bits per heavy atom. The smallest absolute Gasteiger partial charge is 0.203 e. The van der Waals surface area contributed by atoms with Gasteiger partial charge in [0.2, 0.25) is 5.75 Å². The first-order valence-corrected chi connectivity index (χ1v) is 6.07. The van der Waals surface area contributed by atoms with E-state index in [0.29, 0.717) is 23.9 Å². The number of methoxy groups -OCH3 is 2. The van der Waals surface area contributed by atoms with E-state index in [1.807, 2.05) is 18.2 Å². The van der Waals surface area contributed by atoms with Gasteiger partial charge in [0.05, 0.1) is 14.2 Å². The van der Waals surface area contributed by atoms with Crippen LogP contribution in [0.4, 0.5) is 0 Å². The monoisotopic (exact) mass is 249 g/mol. The Morgan fingerprint density at radius 2 is 1.89 bits per heavy atom. The molecule has 4 heteroatoms. The van der Waals surface area contributed by atoms with E-state index in [4.69, 9.17) is 14.2 Å². The first-order valence-electron chi connectivity index (χ1n) is 6.07. The molecule has 0 unspecified atom stereocenters. The van der Waals surface area contributed by atoms with Gasteiger partial charge in [-0.05, 0) is 30.7 Å². The third kappa shape index (κ3) is 2.96. The van der Waals surface area contributed by atoms with Crippen molar-refractivity contribution in [3.8, 4) is 17.2 Å². The molecule has 1 aromatic rings. The molecule has 0 aromatic heterocycles. The zero-order chi connectivity index (χ0) is 12.8. The second-order valence-corrected chi connectivity index (χ2v) is 4.10. The molecule has 0 amide bonds. The van der Waals surface area contributed by atoms with E-state index in [0.717, 1.165) is 19.5 Å². The highest BCUT2D eigenvalue weighted by Gasteiger charge is 2.12. The molecular formula is C14H19NO3. The molecule has 0 fully saturated rings. The van der Waals surface area contributed by atoms with Crippen LogP contribution in [0.15, 0.2) is 29.8 Å². The lowest BCUT2D eigenvalue weighted by atomic mass is 10.1. The minimum Gasteiger partial charge on any atom is -0.493 e. The van der Waals surface area contributed by atoms with Crippen LogP contribution in [0.5, 0.6) is 17.2 Å². The first kappa shape index (κ1) is 12.8. The number of hydrogen-bond donors (Lipinski definition) is 1. The Morgan fingerprint density at radius 3 is 2.44 bits per heavy atom. The van der Waals surface area contributed by atoms with Gasteiger partial charge in [0.1, 0.15) is 6.61 Å². The Kier molecular flexibility index (Phi) is 4.47. The predicted molar refractivity (Wildman–Crippen MR) is 70.6 cm³/mol. The summed E-state index contributed by atoms with van der Waals surface area (Å²) in [6.45, 7) is 2.51. The van der Waals surface area contributed by atoms with E-state index in [9.17, 15) is 0 Å². The van der Waals surface area contributed by atoms with E-state index in [1.165, 1.54) is 5.57 Å². The van der Waals surface area contributed by atoms with Gasteiger partial charge < -0.3 is 19.5 Å². The average molecular weight is 249 g/mol. The molecule has 2 rings (SSSR count). The van der Waals surface area contributed by atoms with Crippen LogP contribution in [0.2, 0.25) is 0 Å². The SMILES string of the molecule is COc1cccc(OC)c1OCC1=CCNCC1. The number of hydrogen-bond acceptors (Lipinski definition) is 4. The van der Waals surface area contributed by atoms with Gasteiger partial charge in [0.15, 0.2) is 11.5 Å². The van der Waals surface area contributed by atoms with Gasteiger partial charge in [-0.1, -0.05) is 12.1 Å². The van der Waals surface area contributed by atoms with Gasteiger partial charge in [0, 0.05) is 6.54 Å². The van der Waals surface area contributed by atoms with Crippen LogP contribution in [0.25, 0.3) is 0 Å². The summed E-state index contributed by atoms with van der Waals surface area (Å²) >= 11 is 0. The summed E-state index contributed by atoms with van der Waals surface area (Å²) in [4.78, 5) is 0. The van der Waals surface area contributed by atoms with Gasteiger partial charge >= 0.3 is 0 Å². The van der Waals surface area contributed by atoms with Crippen molar-refractivity contribution in [2.24, 2.45) is 0 Å². The number of para-hydroxylation sites is 1. The van der Waals surface area contributed by atoms with Crippen molar-refractivity contribution in [2.75, 3.05) is 33.9 Å². The second kappa shape index (κ2) is 6.31. The van der Waals surface area contributed by atoms with Gasteiger partial charge in [-0.25, -0.2) is 0 Å². The molecule has 0 radical (unpaired) electrons. The molecule has 0 saturated carbocycles. The van der Waals surface area contributed by atoms with Gasteiger partial charge in [-0.2, -0.15) is 0 Å². The molecule has 98 valence electrons. The van der Waals surface area contributed by atoms with E-state index < -0.39 is 0 Å². The van der Waals surface area contributed by atoms with Crippen LogP contribution in [-0.4, -0.2) is 33.9 Å². The van der Waals surface area contributed by atoms with E-state index >= 15 is 0 Å². The molecule has 1 N–H and O–H groups in total. The van der Waals surface area contributed by atoms with Crippen molar-refractivity contribution in [1.29, 1.82) is 0 Å². The molecule has 18 heavy (non-hydrogen) atoms. The quantitative estimate of drug-likeness (QED) is 0.810. The maximum atomic E-state index is 5.84. The number of rotatable bonds is 5. The summed E-state index contributed by atoms with van der Waals surface area (Å²) < 4.78 is 16.4. The van der Waals surface area contributed by atoms with Crippen molar-refractivity contribution in [1.82, 2.24) is 5.32 Å². The molecule has 0 spiro atoms. The summed E-state index contributed by atoms with van der Waals surface area (Å²) in [6.07, 6.45) is 3.20. The maximum Gasteiger partial charge on any atom is 0.203 e. The summed E-state index contributed by atoms with van der Waals surface area (Å²) in [5, 5.41) is 3.28. The van der Waals surface area contributed by atoms with Crippen LogP contribution in [-0.2, 0) is 0 Å². The molecule has 1 aliphatic rings. The molecule has 0 bridgehead atoms. The minimum absolute atomic E-state index is 0.582. The molecule has 1 aromatic carbocycles. The standard InChI is InChI=1S/C14H19NO3/c1-16-12-4-3-5-13(17-2)14(12)18-10-11-6-8-15-9-7-11/h3-6,15H,7-10H2,1-2H3. The van der Waals surface area contributed by atoms with Crippen molar-refractivity contribution in [3.63, 3.8) is 0 Å². The molecular weight excluding hydrogens is 230 g/mol. The topological polar surface area (TPSA) is 39.7 Å². The molecule has 1 aliphatic heterocycles. The Labute approximate surface area is 108 Å². The largest absolute Gasteiger partial charge is 0.493 e. The number of benzene rings is 1. The third-order valence-electron chi connectivity index (χ3n) is 2.94. The summed E-state index contributed by atoms with van der Waals surface area (Å²) in [7, 11) is 3.26. The number of nitrogens with one attached hydrogen (secondary N) is 1. The minimum atomic E-state index is 0.582. The Hall–Kier alpha value is -1.68. The Balaban J connectivity index is 2.09. The van der Waals surface area contributed by atoms with Gasteiger partial charge in [-0.15, -0.1) is 0 Å². The second-order valence-electron chi connectivity index (χ2n) is 4.10. The highest BCUT2D eigenvalue weighted by atomic mass is 16.5. The molecule has 0 atom stereocenters. The van der Waals surface area contributed by atoms with Crippen LogP contribution in [0.1, 0.15) is 6.42 Å². The molecule has 0 aliphatic carbocycles. The highest BCUT2D eigenvalue weighted by Crippen LogP contribution is 2.37. The fourth-order valence-corrected chi connectivity index (χ4v) is 1.92. The van der Waals surface area contributed by atoms with Crippen molar-refractivity contribution >= 4 is 0 Å². The normalized spacial score (nSPS) is 14.9. The molecule has 4 nitrogen and oxygen atoms in total. The van der Waals surface area contributed by atoms with E-state index in [2.05, 4.69) is 11.4 Å². The lowest BCUT2D eigenvalue weighted by molar-refractivity contribution is 0.291. The molecule has 1 heterocycles. The lowest BCUT2D eigenvalue weighted by Gasteiger charge is -2.17. The zero-order valence-corrected chi connectivity index (χ0v) is 10.9. The first-order chi connectivity index (χ1) is 8.85. The highest BCUT2D eigenvalue weighted by molar-refractivity contribution is 5.51. The van der Waals surface area contributed by atoms with Crippen LogP contribution in [0.3, 0.4) is 0 Å². The van der Waals surface area contributed by atoms with Crippen LogP contribution >= 0.6 is 0 Å². The van der Waals surface area contributed by atoms with Crippen LogP contribution in [0, 0.1) is 0 Å². The van der Waals surface area contributed by atoms with Crippen molar-refractivity contribution in [2.45, 2.75) is 6.42 Å².